The second-order valence-corrected chi connectivity index (χ2v) is 21.7. The Morgan fingerprint density at radius 1 is 0.268 bits per heavy atom. The number of hydrogen-bond acceptors (Lipinski definition) is 7. The molecule has 0 radical (unpaired) electrons. The molecule has 424 valence electrons. The SMILES string of the molecule is CCCCCCCCCCCCCCNC(=O)CCN(C)CCCN(C)CCC(=O)NCCCCCCCCCCCCCC.CCCCCCCCCCCCCCNC(=O)CCN(C)CCCNC. The van der Waals surface area contributed by atoms with Gasteiger partial charge in [-0.15, -0.1) is 0 Å². The molecule has 0 spiro atoms. The van der Waals surface area contributed by atoms with E-state index in [0.717, 1.165) is 97.6 Å². The summed E-state index contributed by atoms with van der Waals surface area (Å²) in [5.41, 5.74) is 0. The monoisotopic (exact) mass is 1010 g/mol. The van der Waals surface area contributed by atoms with Crippen molar-refractivity contribution in [1.29, 1.82) is 0 Å². The Morgan fingerprint density at radius 3 is 0.704 bits per heavy atom. The average Bonchev–Trinajstić information content (AvgIpc) is 3.36. The lowest BCUT2D eigenvalue weighted by Crippen LogP contribution is -2.32. The maximum atomic E-state index is 12.2. The summed E-state index contributed by atoms with van der Waals surface area (Å²) in [4.78, 5) is 43.0. The van der Waals surface area contributed by atoms with Gasteiger partial charge in [-0.3, -0.25) is 14.4 Å². The van der Waals surface area contributed by atoms with E-state index in [9.17, 15) is 14.4 Å². The standard InChI is InChI=1S/C39H80N4O2.C22H47N3O/c1-5-7-9-11-13-15-17-19-21-23-25-27-32-40-38(44)30-36-42(3)34-29-35-43(4)37-31-39(45)41-33-28-26-24-22-20-18-16-14-12-10-8-6-2;1-4-5-6-7-8-9-10-11-12-13-14-15-19-24-22(26)17-21-25(3)20-16-18-23-2/h5-37H2,1-4H3,(H,40,44)(H,41,45);23H,4-21H2,1-3H3,(H,24,26). The van der Waals surface area contributed by atoms with Gasteiger partial charge >= 0.3 is 0 Å². The van der Waals surface area contributed by atoms with E-state index in [1.807, 2.05) is 7.05 Å². The molecule has 4 N–H and O–H groups in total. The van der Waals surface area contributed by atoms with Crippen molar-refractivity contribution in [2.45, 2.75) is 284 Å². The molecular weight excluding hydrogens is 879 g/mol. The molecule has 0 aliphatic carbocycles. The molecule has 0 aromatic carbocycles. The van der Waals surface area contributed by atoms with Crippen LogP contribution in [0.3, 0.4) is 0 Å². The zero-order valence-electron chi connectivity index (χ0n) is 49.1. The molecule has 0 fully saturated rings. The van der Waals surface area contributed by atoms with Crippen molar-refractivity contribution < 1.29 is 14.4 Å². The maximum absolute atomic E-state index is 12.2. The van der Waals surface area contributed by atoms with Gasteiger partial charge in [-0.05, 0) is 86.5 Å². The lowest BCUT2D eigenvalue weighted by molar-refractivity contribution is -0.122. The van der Waals surface area contributed by atoms with Crippen molar-refractivity contribution in [3.8, 4) is 0 Å². The van der Waals surface area contributed by atoms with Gasteiger partial charge in [0.15, 0.2) is 0 Å². The average molecular weight is 1010 g/mol. The predicted octanol–water partition coefficient (Wildman–Crippen LogP) is 14.4. The van der Waals surface area contributed by atoms with Crippen LogP contribution in [0.1, 0.15) is 284 Å². The van der Waals surface area contributed by atoms with E-state index in [0.29, 0.717) is 19.3 Å². The van der Waals surface area contributed by atoms with Crippen molar-refractivity contribution in [2.75, 3.05) is 93.6 Å². The lowest BCUT2D eigenvalue weighted by Gasteiger charge is -2.20. The number of unbranched alkanes of at least 4 members (excludes halogenated alkanes) is 33. The molecule has 0 saturated heterocycles. The molecular formula is C61H127N7O3. The van der Waals surface area contributed by atoms with Gasteiger partial charge in [-0.25, -0.2) is 0 Å². The van der Waals surface area contributed by atoms with Crippen LogP contribution in [0, 0.1) is 0 Å². The number of nitrogens with zero attached hydrogens (tertiary/aromatic N) is 3. The van der Waals surface area contributed by atoms with Crippen LogP contribution in [0.25, 0.3) is 0 Å². The fourth-order valence-electron chi connectivity index (χ4n) is 9.20. The van der Waals surface area contributed by atoms with Crippen molar-refractivity contribution >= 4 is 17.7 Å². The molecule has 0 rings (SSSR count). The third-order valence-corrected chi connectivity index (χ3v) is 14.3. The summed E-state index contributed by atoms with van der Waals surface area (Å²) in [6.45, 7) is 15.8. The maximum Gasteiger partial charge on any atom is 0.221 e. The fraction of sp³-hybridized carbons (Fsp3) is 0.951. The Balaban J connectivity index is 0. The summed E-state index contributed by atoms with van der Waals surface area (Å²) in [7, 11) is 8.26. The van der Waals surface area contributed by atoms with E-state index in [2.05, 4.69) is 77.9 Å². The highest BCUT2D eigenvalue weighted by atomic mass is 16.2. The molecule has 3 amide bonds. The summed E-state index contributed by atoms with van der Waals surface area (Å²) in [6.07, 6.45) is 52.5. The normalized spacial score (nSPS) is 11.4. The molecule has 0 aromatic rings. The quantitative estimate of drug-likeness (QED) is 0.0450. The van der Waals surface area contributed by atoms with Gasteiger partial charge in [-0.2, -0.15) is 0 Å². The van der Waals surface area contributed by atoms with E-state index in [-0.39, 0.29) is 17.7 Å². The second kappa shape index (κ2) is 60.8. The minimum atomic E-state index is 0.177. The molecule has 0 aliphatic heterocycles. The first-order chi connectivity index (χ1) is 34.7. The molecule has 0 heterocycles. The highest BCUT2D eigenvalue weighted by Gasteiger charge is 2.08. The van der Waals surface area contributed by atoms with Crippen molar-refractivity contribution in [1.82, 2.24) is 36.0 Å². The number of rotatable bonds is 56. The number of nitrogens with one attached hydrogen (secondary N) is 4. The largest absolute Gasteiger partial charge is 0.356 e. The van der Waals surface area contributed by atoms with Gasteiger partial charge < -0.3 is 36.0 Å². The Hall–Kier alpha value is -1.75. The van der Waals surface area contributed by atoms with Gasteiger partial charge in [-0.1, -0.05) is 233 Å². The van der Waals surface area contributed by atoms with Crippen LogP contribution in [0.2, 0.25) is 0 Å². The minimum Gasteiger partial charge on any atom is -0.356 e. The third-order valence-electron chi connectivity index (χ3n) is 14.3. The molecule has 0 unspecified atom stereocenters. The highest BCUT2D eigenvalue weighted by Crippen LogP contribution is 2.14. The smallest absolute Gasteiger partial charge is 0.221 e. The van der Waals surface area contributed by atoms with Crippen LogP contribution < -0.4 is 21.3 Å². The molecule has 0 bridgehead atoms. The molecule has 71 heavy (non-hydrogen) atoms. The van der Waals surface area contributed by atoms with Crippen molar-refractivity contribution in [2.24, 2.45) is 0 Å². The van der Waals surface area contributed by atoms with Crippen LogP contribution in [-0.2, 0) is 14.4 Å². The summed E-state index contributed by atoms with van der Waals surface area (Å²) in [5.74, 6) is 0.557. The van der Waals surface area contributed by atoms with Crippen LogP contribution in [0.4, 0.5) is 0 Å². The van der Waals surface area contributed by atoms with Gasteiger partial charge in [0.2, 0.25) is 17.7 Å². The first-order valence-electron chi connectivity index (χ1n) is 31.2. The highest BCUT2D eigenvalue weighted by molar-refractivity contribution is 5.76. The van der Waals surface area contributed by atoms with Gasteiger partial charge in [0, 0.05) is 58.5 Å². The van der Waals surface area contributed by atoms with E-state index >= 15 is 0 Å². The molecule has 10 nitrogen and oxygen atoms in total. The van der Waals surface area contributed by atoms with Crippen LogP contribution in [0.5, 0.6) is 0 Å². The number of carbonyl (C=O) groups is 3. The Kier molecular flexibility index (Phi) is 61.1. The van der Waals surface area contributed by atoms with E-state index in [1.54, 1.807) is 0 Å². The lowest BCUT2D eigenvalue weighted by atomic mass is 10.1. The van der Waals surface area contributed by atoms with Crippen LogP contribution >= 0.6 is 0 Å². The van der Waals surface area contributed by atoms with Crippen LogP contribution in [0.15, 0.2) is 0 Å². The number of amides is 3. The van der Waals surface area contributed by atoms with E-state index in [4.69, 9.17) is 0 Å². The molecule has 0 atom stereocenters. The van der Waals surface area contributed by atoms with E-state index in [1.165, 1.54) is 212 Å². The summed E-state index contributed by atoms with van der Waals surface area (Å²) >= 11 is 0. The topological polar surface area (TPSA) is 109 Å². The first-order valence-corrected chi connectivity index (χ1v) is 31.2. The Bertz CT molecular complexity index is 1030. The Morgan fingerprint density at radius 2 is 0.479 bits per heavy atom. The number of carbonyl (C=O) groups excluding carboxylic acids is 3. The summed E-state index contributed by atoms with van der Waals surface area (Å²) in [5, 5.41) is 12.4. The van der Waals surface area contributed by atoms with Crippen LogP contribution in [-0.4, -0.2) is 126 Å². The van der Waals surface area contributed by atoms with Crippen molar-refractivity contribution in [3.05, 3.63) is 0 Å². The summed E-state index contributed by atoms with van der Waals surface area (Å²) in [6, 6.07) is 0. The third kappa shape index (κ3) is 62.5. The molecule has 0 saturated carbocycles. The van der Waals surface area contributed by atoms with Gasteiger partial charge in [0.25, 0.3) is 0 Å². The first kappa shape index (κ1) is 71.3. The summed E-state index contributed by atoms with van der Waals surface area (Å²) < 4.78 is 0. The Labute approximate surface area is 444 Å². The fourth-order valence-corrected chi connectivity index (χ4v) is 9.20. The van der Waals surface area contributed by atoms with E-state index < -0.39 is 0 Å². The second-order valence-electron chi connectivity index (χ2n) is 21.7. The number of hydrogen-bond donors (Lipinski definition) is 4. The molecule has 0 aliphatic rings. The molecule has 0 aromatic heterocycles. The zero-order valence-corrected chi connectivity index (χ0v) is 49.1. The zero-order chi connectivity index (χ0) is 52.4. The van der Waals surface area contributed by atoms with Crippen molar-refractivity contribution in [3.63, 3.8) is 0 Å². The van der Waals surface area contributed by atoms with Gasteiger partial charge in [0.05, 0.1) is 0 Å². The van der Waals surface area contributed by atoms with Gasteiger partial charge in [0.1, 0.15) is 0 Å². The molecule has 10 heteroatoms. The predicted molar refractivity (Wildman–Crippen MR) is 312 cm³/mol. The minimum absolute atomic E-state index is 0.177.